The van der Waals surface area contributed by atoms with Crippen LogP contribution in [0.5, 0.6) is 0 Å². The number of para-hydroxylation sites is 1. The molecule has 1 aromatic carbocycles. The number of hydrogen-bond acceptors (Lipinski definition) is 5. The van der Waals surface area contributed by atoms with E-state index >= 15 is 0 Å². The molecule has 28 heavy (non-hydrogen) atoms. The molecule has 0 aliphatic carbocycles. The van der Waals surface area contributed by atoms with Crippen LogP contribution >= 0.6 is 0 Å². The summed E-state index contributed by atoms with van der Waals surface area (Å²) < 4.78 is 6.81. The molecule has 0 unspecified atom stereocenters. The molecule has 0 spiro atoms. The first-order valence-corrected chi connectivity index (χ1v) is 9.24. The molecular formula is C20H21N5O3. The van der Waals surface area contributed by atoms with E-state index in [1.54, 1.807) is 13.0 Å². The van der Waals surface area contributed by atoms with Gasteiger partial charge in [0.1, 0.15) is 5.76 Å². The van der Waals surface area contributed by atoms with Crippen molar-refractivity contribution in [3.8, 4) is 0 Å². The Kier molecular flexibility index (Phi) is 4.68. The van der Waals surface area contributed by atoms with E-state index in [0.29, 0.717) is 30.2 Å². The molecule has 0 fully saturated rings. The summed E-state index contributed by atoms with van der Waals surface area (Å²) in [5.41, 5.74) is 2.78. The molecule has 144 valence electrons. The van der Waals surface area contributed by atoms with Crippen LogP contribution in [0.25, 0.3) is 0 Å². The Morgan fingerprint density at radius 2 is 1.93 bits per heavy atom. The molecule has 0 bridgehead atoms. The van der Waals surface area contributed by atoms with Crippen LogP contribution in [-0.4, -0.2) is 26.5 Å². The van der Waals surface area contributed by atoms with E-state index in [0.717, 1.165) is 29.8 Å². The van der Waals surface area contributed by atoms with Gasteiger partial charge < -0.3 is 19.7 Å². The Labute approximate surface area is 161 Å². The summed E-state index contributed by atoms with van der Waals surface area (Å²) in [7, 11) is 0. The predicted octanol–water partition coefficient (Wildman–Crippen LogP) is 3.33. The molecule has 0 atom stereocenters. The maximum Gasteiger partial charge on any atom is 0.292 e. The van der Waals surface area contributed by atoms with Crippen LogP contribution in [0.3, 0.4) is 0 Å². The van der Waals surface area contributed by atoms with Crippen LogP contribution in [0.4, 0.5) is 11.5 Å². The number of nitrogens with zero attached hydrogens (tertiary/aromatic N) is 3. The third-order valence-electron chi connectivity index (χ3n) is 4.80. The first-order valence-electron chi connectivity index (χ1n) is 9.24. The van der Waals surface area contributed by atoms with Gasteiger partial charge in [-0.3, -0.25) is 9.59 Å². The molecule has 2 aromatic heterocycles. The molecule has 8 heteroatoms. The SMILES string of the molecule is Cc1cc(NC(=O)c2nc(C(=O)Nc3ccccc3C)c3n2CCCC3)no1. The quantitative estimate of drug-likeness (QED) is 0.724. The number of nitrogens with one attached hydrogen (secondary N) is 2. The van der Waals surface area contributed by atoms with Gasteiger partial charge in [0.2, 0.25) is 0 Å². The summed E-state index contributed by atoms with van der Waals surface area (Å²) in [6.07, 6.45) is 2.60. The molecule has 0 saturated carbocycles. The number of amides is 2. The lowest BCUT2D eigenvalue weighted by Gasteiger charge is -2.17. The number of aryl methyl sites for hydroxylation is 2. The normalized spacial score (nSPS) is 13.1. The van der Waals surface area contributed by atoms with Crippen molar-refractivity contribution in [1.29, 1.82) is 0 Å². The summed E-state index contributed by atoms with van der Waals surface area (Å²) in [6, 6.07) is 9.18. The van der Waals surface area contributed by atoms with E-state index in [4.69, 9.17) is 4.52 Å². The largest absolute Gasteiger partial charge is 0.360 e. The number of hydrogen-bond donors (Lipinski definition) is 2. The standard InChI is InChI=1S/C20H21N5O3/c1-12-7-3-4-8-14(12)21-19(26)17-15-9-5-6-10-25(15)18(23-17)20(27)22-16-11-13(2)28-24-16/h3-4,7-8,11H,5-6,9-10H2,1-2H3,(H,21,26)(H,22,24,27). The zero-order chi connectivity index (χ0) is 19.7. The van der Waals surface area contributed by atoms with Gasteiger partial charge in [0.15, 0.2) is 17.3 Å². The highest BCUT2D eigenvalue weighted by atomic mass is 16.5. The molecule has 0 saturated heterocycles. The Bertz CT molecular complexity index is 1050. The minimum Gasteiger partial charge on any atom is -0.360 e. The van der Waals surface area contributed by atoms with Gasteiger partial charge >= 0.3 is 0 Å². The van der Waals surface area contributed by atoms with Crippen LogP contribution in [0.15, 0.2) is 34.9 Å². The number of imidazole rings is 1. The van der Waals surface area contributed by atoms with Gasteiger partial charge in [-0.15, -0.1) is 0 Å². The summed E-state index contributed by atoms with van der Waals surface area (Å²) in [5.74, 6) is 0.410. The van der Waals surface area contributed by atoms with Gasteiger partial charge in [-0.2, -0.15) is 0 Å². The molecule has 8 nitrogen and oxygen atoms in total. The van der Waals surface area contributed by atoms with Crippen molar-refractivity contribution in [3.05, 3.63) is 58.9 Å². The molecule has 2 amide bonds. The summed E-state index contributed by atoms with van der Waals surface area (Å²) in [6.45, 7) is 4.33. The third-order valence-corrected chi connectivity index (χ3v) is 4.80. The fourth-order valence-electron chi connectivity index (χ4n) is 3.39. The summed E-state index contributed by atoms with van der Waals surface area (Å²) in [5, 5.41) is 9.37. The lowest BCUT2D eigenvalue weighted by molar-refractivity contribution is 0.101. The van der Waals surface area contributed by atoms with E-state index in [1.165, 1.54) is 0 Å². The second kappa shape index (κ2) is 7.30. The van der Waals surface area contributed by atoms with E-state index in [-0.39, 0.29) is 11.7 Å². The van der Waals surface area contributed by atoms with E-state index < -0.39 is 5.91 Å². The molecule has 2 N–H and O–H groups in total. The number of fused-ring (bicyclic) bond motifs is 1. The minimum atomic E-state index is -0.411. The van der Waals surface area contributed by atoms with Gasteiger partial charge in [-0.1, -0.05) is 23.4 Å². The highest BCUT2D eigenvalue weighted by Gasteiger charge is 2.28. The van der Waals surface area contributed by atoms with Crippen LogP contribution < -0.4 is 10.6 Å². The van der Waals surface area contributed by atoms with Crippen molar-refractivity contribution in [2.75, 3.05) is 10.6 Å². The van der Waals surface area contributed by atoms with Crippen LogP contribution in [-0.2, 0) is 13.0 Å². The number of rotatable bonds is 4. The average Bonchev–Trinajstić information content (AvgIpc) is 3.27. The van der Waals surface area contributed by atoms with E-state index in [2.05, 4.69) is 20.8 Å². The smallest absolute Gasteiger partial charge is 0.292 e. The molecule has 1 aliphatic heterocycles. The second-order valence-corrected chi connectivity index (χ2v) is 6.89. The number of carbonyl (C=O) groups is 2. The number of carbonyl (C=O) groups excluding carboxylic acids is 2. The lowest BCUT2D eigenvalue weighted by atomic mass is 10.1. The zero-order valence-electron chi connectivity index (χ0n) is 15.8. The van der Waals surface area contributed by atoms with Gasteiger partial charge in [0.05, 0.1) is 5.69 Å². The minimum absolute atomic E-state index is 0.213. The van der Waals surface area contributed by atoms with Gasteiger partial charge in [0.25, 0.3) is 11.8 Å². The maximum absolute atomic E-state index is 12.9. The summed E-state index contributed by atoms with van der Waals surface area (Å²) >= 11 is 0. The average molecular weight is 379 g/mol. The predicted molar refractivity (Wildman–Crippen MR) is 103 cm³/mol. The number of aromatic nitrogens is 3. The molecule has 0 radical (unpaired) electrons. The number of benzene rings is 1. The van der Waals surface area contributed by atoms with Crippen molar-refractivity contribution < 1.29 is 14.1 Å². The fraction of sp³-hybridized carbons (Fsp3) is 0.300. The molecule has 3 heterocycles. The van der Waals surface area contributed by atoms with Crippen molar-refractivity contribution in [2.45, 2.75) is 39.7 Å². The van der Waals surface area contributed by atoms with Crippen molar-refractivity contribution in [2.24, 2.45) is 0 Å². The van der Waals surface area contributed by atoms with E-state index in [9.17, 15) is 9.59 Å². The number of anilines is 2. The summed E-state index contributed by atoms with van der Waals surface area (Å²) in [4.78, 5) is 30.0. The van der Waals surface area contributed by atoms with Crippen LogP contribution in [0, 0.1) is 13.8 Å². The molecule has 3 aromatic rings. The first-order chi connectivity index (χ1) is 13.5. The topological polar surface area (TPSA) is 102 Å². The van der Waals surface area contributed by atoms with Gasteiger partial charge in [0, 0.05) is 18.3 Å². The lowest BCUT2D eigenvalue weighted by Crippen LogP contribution is -2.21. The van der Waals surface area contributed by atoms with Crippen molar-refractivity contribution >= 4 is 23.3 Å². The Balaban J connectivity index is 1.64. The Hall–Kier alpha value is -3.42. The maximum atomic E-state index is 12.9. The fourth-order valence-corrected chi connectivity index (χ4v) is 3.39. The third kappa shape index (κ3) is 3.40. The van der Waals surface area contributed by atoms with Crippen molar-refractivity contribution in [3.63, 3.8) is 0 Å². The van der Waals surface area contributed by atoms with Crippen LogP contribution in [0.1, 0.15) is 51.0 Å². The highest BCUT2D eigenvalue weighted by molar-refractivity contribution is 6.07. The molecule has 4 rings (SSSR count). The Morgan fingerprint density at radius 1 is 1.11 bits per heavy atom. The van der Waals surface area contributed by atoms with Crippen LogP contribution in [0.2, 0.25) is 0 Å². The second-order valence-electron chi connectivity index (χ2n) is 6.89. The van der Waals surface area contributed by atoms with Gasteiger partial charge in [-0.05, 0) is 44.7 Å². The monoisotopic (exact) mass is 379 g/mol. The highest BCUT2D eigenvalue weighted by Crippen LogP contribution is 2.23. The van der Waals surface area contributed by atoms with Gasteiger partial charge in [-0.25, -0.2) is 4.98 Å². The Morgan fingerprint density at radius 3 is 2.68 bits per heavy atom. The first kappa shape index (κ1) is 18.0. The zero-order valence-corrected chi connectivity index (χ0v) is 15.8. The molecule has 1 aliphatic rings. The van der Waals surface area contributed by atoms with E-state index in [1.807, 2.05) is 35.8 Å². The van der Waals surface area contributed by atoms with Crippen molar-refractivity contribution in [1.82, 2.24) is 14.7 Å². The molecular weight excluding hydrogens is 358 g/mol.